The molecule has 0 bridgehead atoms. The molecule has 1 aromatic heterocycles. The summed E-state index contributed by atoms with van der Waals surface area (Å²) in [4.78, 5) is 18.4. The van der Waals surface area contributed by atoms with Crippen LogP contribution < -0.4 is 4.72 Å². The number of hydrogen-bond donors (Lipinski definition) is 2. The average molecular weight is 530 g/mol. The number of fused-ring (bicyclic) bond motifs is 1. The molecule has 9 heteroatoms. The summed E-state index contributed by atoms with van der Waals surface area (Å²) in [5.41, 5.74) is 2.05. The fourth-order valence-corrected chi connectivity index (χ4v) is 6.97. The number of sulfonamides is 1. The lowest BCUT2D eigenvalue weighted by Crippen LogP contribution is -2.52. The second kappa shape index (κ2) is 9.82. The number of aromatic amines is 1. The van der Waals surface area contributed by atoms with Crippen molar-refractivity contribution in [2.24, 2.45) is 5.92 Å². The molecule has 1 aliphatic carbocycles. The standard InChI is InChI=1S/C27H32ClN3O4S/c1-27(2)17-31(14-15-35-27)26(32)19-8-10-20(11-9-19)30-36(33,34)21-12-13-22-23(16-21)29-25(24(22)28)18-6-4-3-5-7-18/h3-7,12-13,16,19-20,29-30H,8-11,14-15,17H2,1-2H3. The molecule has 0 spiro atoms. The molecule has 5 rings (SSSR count). The molecule has 0 unspecified atom stereocenters. The summed E-state index contributed by atoms with van der Waals surface area (Å²) in [5.74, 6) is 0.101. The van der Waals surface area contributed by atoms with Crippen LogP contribution in [-0.4, -0.2) is 55.5 Å². The van der Waals surface area contributed by atoms with Crippen molar-refractivity contribution >= 4 is 38.4 Å². The molecule has 192 valence electrons. The van der Waals surface area contributed by atoms with E-state index in [1.807, 2.05) is 49.1 Å². The van der Waals surface area contributed by atoms with Crippen molar-refractivity contribution in [1.29, 1.82) is 0 Å². The van der Waals surface area contributed by atoms with E-state index >= 15 is 0 Å². The van der Waals surface area contributed by atoms with E-state index in [1.165, 1.54) is 0 Å². The number of halogens is 1. The highest BCUT2D eigenvalue weighted by Crippen LogP contribution is 2.35. The van der Waals surface area contributed by atoms with E-state index in [2.05, 4.69) is 9.71 Å². The number of aromatic nitrogens is 1. The molecule has 0 radical (unpaired) electrons. The second-order valence-electron chi connectivity index (χ2n) is 10.4. The smallest absolute Gasteiger partial charge is 0.240 e. The molecule has 1 aliphatic heterocycles. The third-order valence-corrected chi connectivity index (χ3v) is 9.13. The van der Waals surface area contributed by atoms with Gasteiger partial charge in [-0.05, 0) is 63.3 Å². The first-order valence-corrected chi connectivity index (χ1v) is 14.3. The largest absolute Gasteiger partial charge is 0.372 e. The van der Waals surface area contributed by atoms with Crippen LogP contribution >= 0.6 is 11.6 Å². The second-order valence-corrected chi connectivity index (χ2v) is 12.5. The Morgan fingerprint density at radius 2 is 1.83 bits per heavy atom. The Morgan fingerprint density at radius 1 is 1.11 bits per heavy atom. The van der Waals surface area contributed by atoms with Crippen LogP contribution in [0.1, 0.15) is 39.5 Å². The van der Waals surface area contributed by atoms with E-state index < -0.39 is 10.0 Å². The van der Waals surface area contributed by atoms with Gasteiger partial charge in [0.1, 0.15) is 0 Å². The zero-order valence-corrected chi connectivity index (χ0v) is 22.2. The van der Waals surface area contributed by atoms with E-state index in [-0.39, 0.29) is 28.4 Å². The van der Waals surface area contributed by atoms with Crippen molar-refractivity contribution in [3.63, 3.8) is 0 Å². The van der Waals surface area contributed by atoms with Gasteiger partial charge in [0.2, 0.25) is 15.9 Å². The highest BCUT2D eigenvalue weighted by molar-refractivity contribution is 7.89. The number of amides is 1. The Hall–Kier alpha value is -2.39. The van der Waals surface area contributed by atoms with E-state index in [9.17, 15) is 13.2 Å². The molecule has 1 amide bonds. The Morgan fingerprint density at radius 3 is 2.53 bits per heavy atom. The number of carbonyl (C=O) groups is 1. The summed E-state index contributed by atoms with van der Waals surface area (Å²) in [6, 6.07) is 14.5. The van der Waals surface area contributed by atoms with E-state index in [0.29, 0.717) is 55.9 Å². The fourth-order valence-electron chi connectivity index (χ4n) is 5.32. The van der Waals surface area contributed by atoms with Gasteiger partial charge in [-0.2, -0.15) is 0 Å². The van der Waals surface area contributed by atoms with Gasteiger partial charge < -0.3 is 14.6 Å². The van der Waals surface area contributed by atoms with Crippen molar-refractivity contribution in [3.8, 4) is 11.3 Å². The number of hydrogen-bond acceptors (Lipinski definition) is 4. The summed E-state index contributed by atoms with van der Waals surface area (Å²) < 4.78 is 35.0. The van der Waals surface area contributed by atoms with Crippen LogP contribution in [0.4, 0.5) is 0 Å². The number of morpholine rings is 1. The molecule has 2 aliphatic rings. The summed E-state index contributed by atoms with van der Waals surface area (Å²) in [6.45, 7) is 5.76. The minimum absolute atomic E-state index is 0.0616. The lowest BCUT2D eigenvalue weighted by Gasteiger charge is -2.40. The molecule has 36 heavy (non-hydrogen) atoms. The first-order chi connectivity index (χ1) is 17.1. The first kappa shape index (κ1) is 25.3. The predicted octanol–water partition coefficient (Wildman–Crippen LogP) is 4.96. The third kappa shape index (κ3) is 5.18. The lowest BCUT2D eigenvalue weighted by atomic mass is 9.85. The molecule has 2 heterocycles. The quantitative estimate of drug-likeness (QED) is 0.488. The highest BCUT2D eigenvalue weighted by Gasteiger charge is 2.35. The lowest BCUT2D eigenvalue weighted by molar-refractivity contribution is -0.151. The average Bonchev–Trinajstić information content (AvgIpc) is 3.19. The zero-order chi connectivity index (χ0) is 25.5. The van der Waals surface area contributed by atoms with Gasteiger partial charge in [-0.25, -0.2) is 13.1 Å². The molecule has 0 atom stereocenters. The molecule has 1 saturated carbocycles. The molecule has 2 aromatic carbocycles. The van der Waals surface area contributed by atoms with Crippen molar-refractivity contribution in [1.82, 2.24) is 14.6 Å². The number of ether oxygens (including phenoxy) is 1. The predicted molar refractivity (Wildman–Crippen MR) is 141 cm³/mol. The summed E-state index contributed by atoms with van der Waals surface area (Å²) in [5, 5.41) is 1.35. The van der Waals surface area contributed by atoms with Crippen LogP contribution in [0.25, 0.3) is 22.2 Å². The SMILES string of the molecule is CC1(C)CN(C(=O)C2CCC(NS(=O)(=O)c3ccc4c(Cl)c(-c5ccccc5)[nH]c4c3)CC2)CCO1. The Balaban J connectivity index is 1.25. The molecule has 3 aromatic rings. The molecule has 2 N–H and O–H groups in total. The minimum Gasteiger partial charge on any atom is -0.372 e. The molecular weight excluding hydrogens is 498 g/mol. The summed E-state index contributed by atoms with van der Waals surface area (Å²) in [6.07, 6.45) is 2.63. The van der Waals surface area contributed by atoms with Crippen molar-refractivity contribution in [3.05, 3.63) is 53.6 Å². The number of carbonyl (C=O) groups excluding carboxylic acids is 1. The van der Waals surface area contributed by atoms with Gasteiger partial charge in [-0.1, -0.05) is 41.9 Å². The minimum atomic E-state index is -3.72. The highest BCUT2D eigenvalue weighted by atomic mass is 35.5. The Kier molecular flexibility index (Phi) is 6.89. The van der Waals surface area contributed by atoms with Gasteiger partial charge >= 0.3 is 0 Å². The van der Waals surface area contributed by atoms with Crippen molar-refractivity contribution in [2.75, 3.05) is 19.7 Å². The maximum Gasteiger partial charge on any atom is 0.240 e. The Labute approximate surface area is 217 Å². The van der Waals surface area contributed by atoms with Crippen LogP contribution in [0.2, 0.25) is 5.02 Å². The third-order valence-electron chi connectivity index (χ3n) is 7.21. The molecular formula is C27H32ClN3O4S. The number of benzene rings is 2. The van der Waals surface area contributed by atoms with E-state index in [0.717, 1.165) is 16.6 Å². The first-order valence-electron chi connectivity index (χ1n) is 12.4. The van der Waals surface area contributed by atoms with E-state index in [4.69, 9.17) is 16.3 Å². The zero-order valence-electron chi connectivity index (χ0n) is 20.6. The molecule has 2 fully saturated rings. The van der Waals surface area contributed by atoms with Crippen LogP contribution in [0, 0.1) is 5.92 Å². The van der Waals surface area contributed by atoms with Crippen LogP contribution in [0.15, 0.2) is 53.4 Å². The van der Waals surface area contributed by atoms with E-state index in [1.54, 1.807) is 18.2 Å². The summed E-state index contributed by atoms with van der Waals surface area (Å²) >= 11 is 6.59. The van der Waals surface area contributed by atoms with Gasteiger partial charge in [0.25, 0.3) is 0 Å². The number of H-pyrrole nitrogens is 1. The monoisotopic (exact) mass is 529 g/mol. The maximum atomic E-state index is 13.2. The van der Waals surface area contributed by atoms with Crippen LogP contribution in [0.3, 0.4) is 0 Å². The topological polar surface area (TPSA) is 91.5 Å². The van der Waals surface area contributed by atoms with Crippen molar-refractivity contribution < 1.29 is 17.9 Å². The Bertz CT molecular complexity index is 1360. The fraction of sp³-hybridized carbons (Fsp3) is 0.444. The van der Waals surface area contributed by atoms with Gasteiger partial charge in [0.15, 0.2) is 0 Å². The van der Waals surface area contributed by atoms with Crippen LogP contribution in [-0.2, 0) is 19.6 Å². The molecule has 1 saturated heterocycles. The number of rotatable bonds is 5. The van der Waals surface area contributed by atoms with Gasteiger partial charge in [0, 0.05) is 36.0 Å². The summed E-state index contributed by atoms with van der Waals surface area (Å²) in [7, 11) is -3.72. The van der Waals surface area contributed by atoms with Gasteiger partial charge in [0.05, 0.1) is 27.8 Å². The maximum absolute atomic E-state index is 13.2. The number of nitrogens with one attached hydrogen (secondary N) is 2. The van der Waals surface area contributed by atoms with Gasteiger partial charge in [-0.15, -0.1) is 0 Å². The molecule has 7 nitrogen and oxygen atoms in total. The number of nitrogens with zero attached hydrogens (tertiary/aromatic N) is 1. The normalized spacial score (nSPS) is 22.6. The van der Waals surface area contributed by atoms with Crippen molar-refractivity contribution in [2.45, 2.75) is 56.1 Å². The van der Waals surface area contributed by atoms with Gasteiger partial charge in [-0.3, -0.25) is 4.79 Å². The van der Waals surface area contributed by atoms with Crippen LogP contribution in [0.5, 0.6) is 0 Å².